The molecule has 0 aliphatic carbocycles. The molecule has 0 aliphatic rings. The number of hydrogen-bond donors (Lipinski definition) is 0. The Labute approximate surface area is 296 Å². The van der Waals surface area contributed by atoms with Crippen molar-refractivity contribution in [3.8, 4) is 19.8 Å². The summed E-state index contributed by atoms with van der Waals surface area (Å²) in [7, 11) is 0. The number of hydrogen-bond acceptors (Lipinski definition) is 8. The van der Waals surface area contributed by atoms with Gasteiger partial charge >= 0.3 is 0 Å². The summed E-state index contributed by atoms with van der Waals surface area (Å²) >= 11 is 6.87. The van der Waals surface area contributed by atoms with Crippen LogP contribution in [0.1, 0.15) is 22.3 Å². The molecule has 0 N–H and O–H groups in total. The van der Waals surface area contributed by atoms with Gasteiger partial charge in [0.2, 0.25) is 0 Å². The van der Waals surface area contributed by atoms with Gasteiger partial charge in [0.1, 0.15) is 20.0 Å². The van der Waals surface area contributed by atoms with Crippen molar-refractivity contribution in [1.29, 1.82) is 0 Å². The van der Waals surface area contributed by atoms with E-state index in [1.165, 1.54) is 22.3 Å². The van der Waals surface area contributed by atoms with Gasteiger partial charge in [-0.25, -0.2) is 9.97 Å². The van der Waals surface area contributed by atoms with Crippen LogP contribution in [0.3, 0.4) is 0 Å². The minimum Gasteiger partial charge on any atom is -0.302 e. The molecule has 0 fully saturated rings. The van der Waals surface area contributed by atoms with E-state index in [2.05, 4.69) is 159 Å². The molecule has 8 aromatic rings. The number of fused-ring (bicyclic) bond motifs is 1. The molecular weight excluding hydrogens is 665 g/mol. The smallest absolute Gasteiger partial charge is 0.155 e. The Hall–Kier alpha value is -4.60. The number of benzene rings is 4. The second-order valence-corrected chi connectivity index (χ2v) is 16.0. The summed E-state index contributed by atoms with van der Waals surface area (Å²) in [5.74, 6) is 0. The molecule has 0 saturated heterocycles. The zero-order valence-corrected chi connectivity index (χ0v) is 30.2. The summed E-state index contributed by atoms with van der Waals surface area (Å²) in [6.45, 7) is 8.50. The summed E-state index contributed by atoms with van der Waals surface area (Å²) in [6.07, 6.45) is 0. The van der Waals surface area contributed by atoms with E-state index < -0.39 is 0 Å². The van der Waals surface area contributed by atoms with Crippen LogP contribution in [0.25, 0.3) is 29.4 Å². The fourth-order valence-corrected chi connectivity index (χ4v) is 9.81. The SMILES string of the molecule is Cc1ccc(N(c2ccc(C)cc2)c2ccc(-c3nc4sc(-c5ccc(N(c6ccc(C)cc6)c6ccc(C)cc6)s5)nc4s3)s2)cc1. The summed E-state index contributed by atoms with van der Waals surface area (Å²) in [5, 5.41) is 4.33. The number of nitrogens with zero attached hydrogens (tertiary/aromatic N) is 4. The average molecular weight is 697 g/mol. The topological polar surface area (TPSA) is 32.3 Å². The molecule has 236 valence electrons. The van der Waals surface area contributed by atoms with Crippen LogP contribution >= 0.6 is 45.3 Å². The summed E-state index contributed by atoms with van der Waals surface area (Å²) in [6, 6.07) is 43.7. The molecule has 48 heavy (non-hydrogen) atoms. The maximum absolute atomic E-state index is 5.08. The first kappa shape index (κ1) is 30.7. The number of rotatable bonds is 8. The van der Waals surface area contributed by atoms with Gasteiger partial charge in [-0.1, -0.05) is 93.5 Å². The molecule has 8 heteroatoms. The predicted molar refractivity (Wildman–Crippen MR) is 210 cm³/mol. The van der Waals surface area contributed by atoms with E-state index in [4.69, 9.17) is 9.97 Å². The lowest BCUT2D eigenvalue weighted by molar-refractivity contribution is 1.29. The first-order chi connectivity index (χ1) is 23.4. The van der Waals surface area contributed by atoms with Crippen molar-refractivity contribution in [2.24, 2.45) is 0 Å². The van der Waals surface area contributed by atoms with E-state index in [0.717, 1.165) is 62.2 Å². The van der Waals surface area contributed by atoms with Gasteiger partial charge in [0.05, 0.1) is 9.75 Å². The lowest BCUT2D eigenvalue weighted by Gasteiger charge is -2.23. The first-order valence-electron chi connectivity index (χ1n) is 15.7. The molecule has 0 bridgehead atoms. The van der Waals surface area contributed by atoms with Crippen LogP contribution in [0.5, 0.6) is 0 Å². The van der Waals surface area contributed by atoms with Gasteiger partial charge in [-0.05, 0) is 100 Å². The third kappa shape index (κ3) is 6.08. The average Bonchev–Trinajstić information content (AvgIpc) is 3.90. The lowest BCUT2D eigenvalue weighted by Crippen LogP contribution is -2.08. The van der Waals surface area contributed by atoms with E-state index in [0.29, 0.717) is 0 Å². The number of thiophene rings is 2. The van der Waals surface area contributed by atoms with Crippen LogP contribution in [0.4, 0.5) is 32.8 Å². The third-order valence-corrected chi connectivity index (χ3v) is 12.7. The second kappa shape index (κ2) is 12.8. The minimum atomic E-state index is 0.984. The zero-order valence-electron chi connectivity index (χ0n) is 27.0. The maximum Gasteiger partial charge on any atom is 0.155 e. The molecule has 4 heterocycles. The van der Waals surface area contributed by atoms with Crippen LogP contribution in [0, 0.1) is 27.7 Å². The van der Waals surface area contributed by atoms with Crippen LogP contribution in [-0.2, 0) is 0 Å². The molecule has 0 radical (unpaired) electrons. The standard InChI is InChI=1S/C40H32N4S4/c1-25-5-13-29(14-6-25)43(30-15-7-26(2)8-16-30)35-23-21-33(45-35)37-41-39-40(47-37)42-38(48-39)34-22-24-36(46-34)44(31-17-9-27(3)10-18-31)32-19-11-28(4)12-20-32/h5-24H,1-4H3. The lowest BCUT2D eigenvalue weighted by atomic mass is 10.1. The Morgan fingerprint density at radius 2 is 0.646 bits per heavy atom. The molecule has 0 amide bonds. The highest BCUT2D eigenvalue weighted by Gasteiger charge is 2.20. The molecule has 8 rings (SSSR count). The molecule has 0 spiro atoms. The molecule has 0 saturated carbocycles. The van der Waals surface area contributed by atoms with Gasteiger partial charge < -0.3 is 9.80 Å². The van der Waals surface area contributed by atoms with Crippen LogP contribution in [0.15, 0.2) is 121 Å². The Kier molecular flexibility index (Phi) is 8.18. The van der Waals surface area contributed by atoms with Crippen molar-refractivity contribution in [2.45, 2.75) is 27.7 Å². The Morgan fingerprint density at radius 3 is 0.938 bits per heavy atom. The summed E-state index contributed by atoms with van der Waals surface area (Å²) < 4.78 is 0. The summed E-state index contributed by atoms with van der Waals surface area (Å²) in [4.78, 5) is 19.1. The fraction of sp³-hybridized carbons (Fsp3) is 0.100. The van der Waals surface area contributed by atoms with Crippen LogP contribution in [-0.4, -0.2) is 9.97 Å². The molecule has 4 nitrogen and oxygen atoms in total. The van der Waals surface area contributed by atoms with Crippen molar-refractivity contribution in [1.82, 2.24) is 9.97 Å². The van der Waals surface area contributed by atoms with Gasteiger partial charge in [-0.3, -0.25) is 0 Å². The van der Waals surface area contributed by atoms with Gasteiger partial charge in [0, 0.05) is 22.7 Å². The van der Waals surface area contributed by atoms with E-state index >= 15 is 0 Å². The van der Waals surface area contributed by atoms with E-state index in [1.807, 2.05) is 0 Å². The Bertz CT molecular complexity index is 2040. The zero-order chi connectivity index (χ0) is 32.8. The quantitative estimate of drug-likeness (QED) is 0.158. The number of anilines is 6. The van der Waals surface area contributed by atoms with Crippen molar-refractivity contribution in [3.05, 3.63) is 144 Å². The van der Waals surface area contributed by atoms with Crippen molar-refractivity contribution < 1.29 is 0 Å². The van der Waals surface area contributed by atoms with E-state index in [-0.39, 0.29) is 0 Å². The monoisotopic (exact) mass is 696 g/mol. The molecule has 0 atom stereocenters. The minimum absolute atomic E-state index is 0.984. The highest BCUT2D eigenvalue weighted by atomic mass is 32.1. The van der Waals surface area contributed by atoms with Crippen molar-refractivity contribution in [3.63, 3.8) is 0 Å². The predicted octanol–water partition coefficient (Wildman–Crippen LogP) is 13.4. The number of aryl methyl sites for hydroxylation is 4. The highest BCUT2D eigenvalue weighted by molar-refractivity contribution is 7.32. The van der Waals surface area contributed by atoms with E-state index in [1.54, 1.807) is 45.3 Å². The van der Waals surface area contributed by atoms with Gasteiger partial charge in [0.15, 0.2) is 9.66 Å². The fourth-order valence-electron chi connectivity index (χ4n) is 5.56. The third-order valence-electron chi connectivity index (χ3n) is 8.19. The second-order valence-electron chi connectivity index (χ2n) is 11.9. The molecular formula is C40H32N4S4. The van der Waals surface area contributed by atoms with E-state index in [9.17, 15) is 0 Å². The number of thiazole rings is 2. The number of aromatic nitrogens is 2. The molecule has 0 unspecified atom stereocenters. The summed E-state index contributed by atoms with van der Waals surface area (Å²) in [5.41, 5.74) is 9.56. The maximum atomic E-state index is 5.08. The van der Waals surface area contributed by atoms with Crippen LogP contribution in [0.2, 0.25) is 0 Å². The van der Waals surface area contributed by atoms with Crippen LogP contribution < -0.4 is 9.80 Å². The largest absolute Gasteiger partial charge is 0.302 e. The highest BCUT2D eigenvalue weighted by Crippen LogP contribution is 2.46. The van der Waals surface area contributed by atoms with Gasteiger partial charge in [0.25, 0.3) is 0 Å². The Balaban J connectivity index is 1.09. The molecule has 4 aromatic heterocycles. The normalized spacial score (nSPS) is 11.3. The van der Waals surface area contributed by atoms with Crippen molar-refractivity contribution in [2.75, 3.05) is 9.80 Å². The first-order valence-corrected chi connectivity index (χ1v) is 19.0. The van der Waals surface area contributed by atoms with Crippen molar-refractivity contribution >= 4 is 87.8 Å². The Morgan fingerprint density at radius 1 is 0.354 bits per heavy atom. The van der Waals surface area contributed by atoms with Gasteiger partial charge in [-0.2, -0.15) is 0 Å². The van der Waals surface area contributed by atoms with Gasteiger partial charge in [-0.15, -0.1) is 22.7 Å². The molecule has 0 aliphatic heterocycles. The molecule has 4 aromatic carbocycles.